The zero-order valence-corrected chi connectivity index (χ0v) is 13.7. The first-order chi connectivity index (χ1) is 9.56. The molecule has 0 aromatic carbocycles. The SMILES string of the molecule is CCC1CCCC(c2nc(C)c(C(C)C)c(NC)n2)C1. The molecule has 112 valence electrons. The van der Waals surface area contributed by atoms with E-state index in [0.29, 0.717) is 11.8 Å². The van der Waals surface area contributed by atoms with E-state index in [1.165, 1.54) is 37.7 Å². The largest absolute Gasteiger partial charge is 0.373 e. The first kappa shape index (κ1) is 15.3. The first-order valence-electron chi connectivity index (χ1n) is 8.12. The van der Waals surface area contributed by atoms with E-state index in [2.05, 4.69) is 33.0 Å². The molecule has 2 atom stereocenters. The van der Waals surface area contributed by atoms with Crippen molar-refractivity contribution in [2.45, 2.75) is 71.6 Å². The van der Waals surface area contributed by atoms with Gasteiger partial charge in [-0.2, -0.15) is 0 Å². The van der Waals surface area contributed by atoms with Crippen LogP contribution in [0.1, 0.15) is 81.8 Å². The Morgan fingerprint density at radius 3 is 2.60 bits per heavy atom. The summed E-state index contributed by atoms with van der Waals surface area (Å²) in [4.78, 5) is 9.69. The lowest BCUT2D eigenvalue weighted by atomic mass is 9.79. The number of nitrogens with one attached hydrogen (secondary N) is 1. The van der Waals surface area contributed by atoms with Crippen LogP contribution in [0, 0.1) is 12.8 Å². The number of rotatable bonds is 4. The predicted octanol–water partition coefficient (Wildman–Crippen LogP) is 4.63. The highest BCUT2D eigenvalue weighted by molar-refractivity contribution is 5.48. The molecule has 0 spiro atoms. The molecule has 1 aromatic rings. The number of anilines is 1. The van der Waals surface area contributed by atoms with Gasteiger partial charge >= 0.3 is 0 Å². The Bertz CT molecular complexity index is 454. The second kappa shape index (κ2) is 6.55. The molecular weight excluding hydrogens is 246 g/mol. The molecule has 1 aliphatic carbocycles. The molecule has 2 rings (SSSR count). The lowest BCUT2D eigenvalue weighted by molar-refractivity contribution is 0.307. The van der Waals surface area contributed by atoms with Gasteiger partial charge in [0.15, 0.2) is 0 Å². The molecule has 1 saturated carbocycles. The highest BCUT2D eigenvalue weighted by atomic mass is 15.0. The van der Waals surface area contributed by atoms with Gasteiger partial charge in [0.2, 0.25) is 0 Å². The van der Waals surface area contributed by atoms with E-state index in [-0.39, 0.29) is 0 Å². The van der Waals surface area contributed by atoms with Crippen LogP contribution < -0.4 is 5.32 Å². The van der Waals surface area contributed by atoms with Crippen LogP contribution >= 0.6 is 0 Å². The van der Waals surface area contributed by atoms with Crippen molar-refractivity contribution < 1.29 is 0 Å². The zero-order valence-electron chi connectivity index (χ0n) is 13.7. The molecule has 1 N–H and O–H groups in total. The van der Waals surface area contributed by atoms with Gasteiger partial charge in [0, 0.05) is 24.2 Å². The van der Waals surface area contributed by atoms with Crippen molar-refractivity contribution in [1.82, 2.24) is 9.97 Å². The number of aryl methyl sites for hydroxylation is 1. The zero-order chi connectivity index (χ0) is 14.7. The quantitative estimate of drug-likeness (QED) is 0.870. The van der Waals surface area contributed by atoms with Crippen molar-refractivity contribution in [3.05, 3.63) is 17.1 Å². The summed E-state index contributed by atoms with van der Waals surface area (Å²) in [5.41, 5.74) is 2.41. The fourth-order valence-electron chi connectivity index (χ4n) is 3.56. The third-order valence-corrected chi connectivity index (χ3v) is 4.69. The predicted molar refractivity (Wildman–Crippen MR) is 85.4 cm³/mol. The summed E-state index contributed by atoms with van der Waals surface area (Å²) in [6.07, 6.45) is 6.51. The Balaban J connectivity index is 2.31. The first-order valence-corrected chi connectivity index (χ1v) is 8.12. The summed E-state index contributed by atoms with van der Waals surface area (Å²) in [7, 11) is 1.97. The van der Waals surface area contributed by atoms with Crippen LogP contribution in [0.15, 0.2) is 0 Å². The summed E-state index contributed by atoms with van der Waals surface area (Å²) in [5.74, 6) is 3.97. The van der Waals surface area contributed by atoms with Crippen molar-refractivity contribution in [1.29, 1.82) is 0 Å². The van der Waals surface area contributed by atoms with Gasteiger partial charge < -0.3 is 5.32 Å². The van der Waals surface area contributed by atoms with E-state index in [9.17, 15) is 0 Å². The van der Waals surface area contributed by atoms with Gasteiger partial charge in [0.25, 0.3) is 0 Å². The monoisotopic (exact) mass is 275 g/mol. The molecule has 0 bridgehead atoms. The maximum Gasteiger partial charge on any atom is 0.134 e. The van der Waals surface area contributed by atoms with E-state index < -0.39 is 0 Å². The van der Waals surface area contributed by atoms with E-state index >= 15 is 0 Å². The van der Waals surface area contributed by atoms with Crippen molar-refractivity contribution in [3.63, 3.8) is 0 Å². The Morgan fingerprint density at radius 2 is 2.00 bits per heavy atom. The normalized spacial score (nSPS) is 23.1. The highest BCUT2D eigenvalue weighted by Gasteiger charge is 2.25. The molecule has 1 fully saturated rings. The van der Waals surface area contributed by atoms with Gasteiger partial charge in [0.05, 0.1) is 0 Å². The molecule has 3 heteroatoms. The fraction of sp³-hybridized carbons (Fsp3) is 0.765. The average Bonchev–Trinajstić information content (AvgIpc) is 2.45. The molecule has 1 aromatic heterocycles. The van der Waals surface area contributed by atoms with Gasteiger partial charge in [-0.25, -0.2) is 9.97 Å². The number of nitrogens with zero attached hydrogens (tertiary/aromatic N) is 2. The molecule has 1 aliphatic rings. The summed E-state index contributed by atoms with van der Waals surface area (Å²) in [6, 6.07) is 0. The minimum Gasteiger partial charge on any atom is -0.373 e. The summed E-state index contributed by atoms with van der Waals surface area (Å²) >= 11 is 0. The number of hydrogen-bond donors (Lipinski definition) is 1. The molecule has 20 heavy (non-hydrogen) atoms. The van der Waals surface area contributed by atoms with Gasteiger partial charge in [-0.05, 0) is 31.6 Å². The van der Waals surface area contributed by atoms with E-state index in [0.717, 1.165) is 23.3 Å². The molecule has 0 aliphatic heterocycles. The molecule has 0 amide bonds. The van der Waals surface area contributed by atoms with Crippen LogP contribution in [0.25, 0.3) is 0 Å². The van der Waals surface area contributed by atoms with E-state index in [1.54, 1.807) is 0 Å². The second-order valence-corrected chi connectivity index (χ2v) is 6.47. The molecule has 2 unspecified atom stereocenters. The standard InChI is InChI=1S/C17H29N3/c1-6-13-8-7-9-14(10-13)16-19-12(4)15(11(2)3)17(18-5)20-16/h11,13-14H,6-10H2,1-5H3,(H,18,19,20). The maximum atomic E-state index is 4.84. The van der Waals surface area contributed by atoms with Gasteiger partial charge in [-0.15, -0.1) is 0 Å². The smallest absolute Gasteiger partial charge is 0.134 e. The van der Waals surface area contributed by atoms with Crippen LogP contribution in [0.2, 0.25) is 0 Å². The fourth-order valence-corrected chi connectivity index (χ4v) is 3.56. The van der Waals surface area contributed by atoms with Crippen LogP contribution in [0.4, 0.5) is 5.82 Å². The maximum absolute atomic E-state index is 4.84. The Labute approximate surface area is 123 Å². The van der Waals surface area contributed by atoms with Crippen molar-refractivity contribution >= 4 is 5.82 Å². The third-order valence-electron chi connectivity index (χ3n) is 4.69. The second-order valence-electron chi connectivity index (χ2n) is 6.47. The van der Waals surface area contributed by atoms with Crippen LogP contribution in [-0.4, -0.2) is 17.0 Å². The Hall–Kier alpha value is -1.12. The number of hydrogen-bond acceptors (Lipinski definition) is 3. The summed E-state index contributed by atoms with van der Waals surface area (Å²) in [5, 5.41) is 3.27. The topological polar surface area (TPSA) is 37.8 Å². The average molecular weight is 275 g/mol. The van der Waals surface area contributed by atoms with Gasteiger partial charge in [-0.1, -0.05) is 40.0 Å². The summed E-state index contributed by atoms with van der Waals surface area (Å²) in [6.45, 7) is 8.85. The number of aromatic nitrogens is 2. The minimum atomic E-state index is 0.459. The lowest BCUT2D eigenvalue weighted by Crippen LogP contribution is -2.18. The van der Waals surface area contributed by atoms with Crippen LogP contribution in [-0.2, 0) is 0 Å². The van der Waals surface area contributed by atoms with E-state index in [1.807, 2.05) is 7.05 Å². The van der Waals surface area contributed by atoms with E-state index in [4.69, 9.17) is 9.97 Å². The minimum absolute atomic E-state index is 0.459. The molecule has 0 saturated heterocycles. The van der Waals surface area contributed by atoms with Crippen LogP contribution in [0.5, 0.6) is 0 Å². The highest BCUT2D eigenvalue weighted by Crippen LogP contribution is 2.37. The molecule has 1 heterocycles. The van der Waals surface area contributed by atoms with Gasteiger partial charge in [-0.3, -0.25) is 0 Å². The third kappa shape index (κ3) is 3.13. The summed E-state index contributed by atoms with van der Waals surface area (Å²) < 4.78 is 0. The molecule has 0 radical (unpaired) electrons. The van der Waals surface area contributed by atoms with Crippen molar-refractivity contribution in [3.8, 4) is 0 Å². The van der Waals surface area contributed by atoms with Gasteiger partial charge in [0.1, 0.15) is 11.6 Å². The Morgan fingerprint density at radius 1 is 1.25 bits per heavy atom. The lowest BCUT2D eigenvalue weighted by Gasteiger charge is -2.28. The van der Waals surface area contributed by atoms with Crippen LogP contribution in [0.3, 0.4) is 0 Å². The van der Waals surface area contributed by atoms with Crippen molar-refractivity contribution in [2.24, 2.45) is 5.92 Å². The molecular formula is C17H29N3. The molecule has 3 nitrogen and oxygen atoms in total. The van der Waals surface area contributed by atoms with Crippen molar-refractivity contribution in [2.75, 3.05) is 12.4 Å². The Kier molecular flexibility index (Phi) is 5.00.